The molecule has 0 radical (unpaired) electrons. The summed E-state index contributed by atoms with van der Waals surface area (Å²) in [7, 11) is -4.18. The first-order valence-corrected chi connectivity index (χ1v) is 8.24. The van der Waals surface area contributed by atoms with E-state index in [4.69, 9.17) is 0 Å². The van der Waals surface area contributed by atoms with Gasteiger partial charge in [-0.1, -0.05) is 15.9 Å². The van der Waals surface area contributed by atoms with Crippen LogP contribution in [0.15, 0.2) is 38.7 Å². The zero-order chi connectivity index (χ0) is 18.1. The van der Waals surface area contributed by atoms with Crippen LogP contribution in [0.4, 0.5) is 22.0 Å². The Labute approximate surface area is 141 Å². The van der Waals surface area contributed by atoms with E-state index in [2.05, 4.69) is 21.0 Å². The second-order valence-electron chi connectivity index (χ2n) is 4.29. The molecule has 0 aliphatic rings. The van der Waals surface area contributed by atoms with Gasteiger partial charge in [-0.15, -0.1) is 0 Å². The Morgan fingerprint density at radius 2 is 1.33 bits per heavy atom. The first-order chi connectivity index (χ1) is 11.1. The Balaban J connectivity index is 2.31. The van der Waals surface area contributed by atoms with E-state index in [9.17, 15) is 30.4 Å². The van der Waals surface area contributed by atoms with E-state index in [1.165, 1.54) is 24.3 Å². The van der Waals surface area contributed by atoms with Crippen LogP contribution in [-0.4, -0.2) is 14.6 Å². The molecule has 2 aromatic rings. The average molecular weight is 429 g/mol. The van der Waals surface area contributed by atoms with E-state index in [1.54, 1.807) is 4.83 Å². The lowest BCUT2D eigenvalue weighted by Crippen LogP contribution is -2.18. The monoisotopic (exact) mass is 428 g/mol. The number of hydrogen-bond acceptors (Lipinski definition) is 3. The molecule has 0 aliphatic carbocycles. The minimum atomic E-state index is -4.18. The largest absolute Gasteiger partial charge is 0.276 e. The number of rotatable bonds is 4. The topological polar surface area (TPSA) is 58.5 Å². The van der Waals surface area contributed by atoms with Crippen molar-refractivity contribution in [2.24, 2.45) is 5.10 Å². The highest BCUT2D eigenvalue weighted by Crippen LogP contribution is 2.21. The molecule has 0 atom stereocenters. The van der Waals surface area contributed by atoms with Gasteiger partial charge < -0.3 is 0 Å². The third kappa shape index (κ3) is 3.56. The molecule has 24 heavy (non-hydrogen) atoms. The number of hydrogen-bond donors (Lipinski definition) is 1. The molecule has 0 heterocycles. The SMILES string of the molecule is O=S(=O)(N/N=C\c1c(F)c(F)c(F)c(F)c1F)c1ccc(Br)cc1. The minimum Gasteiger partial charge on any atom is -0.203 e. The van der Waals surface area contributed by atoms with Gasteiger partial charge in [-0.05, 0) is 24.3 Å². The van der Waals surface area contributed by atoms with E-state index in [1.807, 2.05) is 0 Å². The van der Waals surface area contributed by atoms with E-state index >= 15 is 0 Å². The Morgan fingerprint density at radius 1 is 0.875 bits per heavy atom. The minimum absolute atomic E-state index is 0.187. The Hall–Kier alpha value is -2.01. The van der Waals surface area contributed by atoms with Crippen molar-refractivity contribution in [3.8, 4) is 0 Å². The van der Waals surface area contributed by atoms with E-state index in [0.717, 1.165) is 0 Å². The molecule has 128 valence electrons. The fourth-order valence-electron chi connectivity index (χ4n) is 1.56. The highest BCUT2D eigenvalue weighted by Gasteiger charge is 2.24. The molecular formula is C13H6BrF5N2O2S. The lowest BCUT2D eigenvalue weighted by molar-refractivity contribution is 0.377. The van der Waals surface area contributed by atoms with Gasteiger partial charge in [0.25, 0.3) is 10.0 Å². The highest BCUT2D eigenvalue weighted by molar-refractivity contribution is 9.10. The molecular weight excluding hydrogens is 423 g/mol. The number of halogens is 6. The summed E-state index contributed by atoms with van der Waals surface area (Å²) in [5.74, 6) is -10.9. The maximum absolute atomic E-state index is 13.4. The van der Waals surface area contributed by atoms with Gasteiger partial charge in [-0.25, -0.2) is 26.8 Å². The third-order valence-corrected chi connectivity index (χ3v) is 4.50. The second-order valence-corrected chi connectivity index (χ2v) is 6.87. The van der Waals surface area contributed by atoms with Crippen molar-refractivity contribution in [1.29, 1.82) is 0 Å². The molecule has 0 fully saturated rings. The van der Waals surface area contributed by atoms with Crippen LogP contribution >= 0.6 is 15.9 Å². The van der Waals surface area contributed by atoms with Crippen molar-refractivity contribution >= 4 is 32.2 Å². The molecule has 11 heteroatoms. The number of hydrazone groups is 1. The maximum Gasteiger partial charge on any atom is 0.276 e. The number of nitrogens with zero attached hydrogens (tertiary/aromatic N) is 1. The van der Waals surface area contributed by atoms with Crippen molar-refractivity contribution in [2.75, 3.05) is 0 Å². The lowest BCUT2D eigenvalue weighted by atomic mass is 10.2. The summed E-state index contributed by atoms with van der Waals surface area (Å²) in [4.78, 5) is 1.38. The molecule has 4 nitrogen and oxygen atoms in total. The third-order valence-electron chi connectivity index (χ3n) is 2.73. The van der Waals surface area contributed by atoms with Crippen LogP contribution in [0.25, 0.3) is 0 Å². The molecule has 1 N–H and O–H groups in total. The summed E-state index contributed by atoms with van der Waals surface area (Å²) in [5, 5.41) is 3.04. The second kappa shape index (κ2) is 6.85. The van der Waals surface area contributed by atoms with E-state index in [0.29, 0.717) is 4.47 Å². The normalized spacial score (nSPS) is 11.9. The zero-order valence-corrected chi connectivity index (χ0v) is 13.7. The van der Waals surface area contributed by atoms with Gasteiger partial charge in [-0.2, -0.15) is 13.5 Å². The predicted octanol–water partition coefficient (Wildman–Crippen LogP) is 3.46. The molecule has 0 saturated heterocycles. The molecule has 0 aliphatic heterocycles. The van der Waals surface area contributed by atoms with Gasteiger partial charge >= 0.3 is 0 Å². The Kier molecular flexibility index (Phi) is 5.23. The quantitative estimate of drug-likeness (QED) is 0.266. The summed E-state index contributed by atoms with van der Waals surface area (Å²) < 4.78 is 90.0. The molecule has 0 bridgehead atoms. The molecule has 2 aromatic carbocycles. The van der Waals surface area contributed by atoms with Gasteiger partial charge in [0.1, 0.15) is 0 Å². The summed E-state index contributed by atoms with van der Waals surface area (Å²) in [6.45, 7) is 0. The van der Waals surface area contributed by atoms with Crippen LogP contribution < -0.4 is 4.83 Å². The van der Waals surface area contributed by atoms with Crippen molar-refractivity contribution in [2.45, 2.75) is 4.90 Å². The number of benzene rings is 2. The van der Waals surface area contributed by atoms with Gasteiger partial charge in [0.05, 0.1) is 16.7 Å². The first kappa shape index (κ1) is 18.3. The van der Waals surface area contributed by atoms with Crippen molar-refractivity contribution in [3.63, 3.8) is 0 Å². The lowest BCUT2D eigenvalue weighted by Gasteiger charge is -2.05. The van der Waals surface area contributed by atoms with Crippen LogP contribution in [-0.2, 0) is 10.0 Å². The molecule has 0 saturated carbocycles. The van der Waals surface area contributed by atoms with E-state index in [-0.39, 0.29) is 11.1 Å². The number of nitrogens with one attached hydrogen (secondary N) is 1. The van der Waals surface area contributed by atoms with E-state index < -0.39 is 44.7 Å². The van der Waals surface area contributed by atoms with Crippen molar-refractivity contribution < 1.29 is 30.4 Å². The first-order valence-electron chi connectivity index (χ1n) is 5.97. The summed E-state index contributed by atoms with van der Waals surface area (Å²) in [5.41, 5.74) is -1.37. The summed E-state index contributed by atoms with van der Waals surface area (Å²) in [6.07, 6.45) is 0.187. The van der Waals surface area contributed by atoms with Gasteiger partial charge in [0.15, 0.2) is 23.3 Å². The molecule has 0 amide bonds. The van der Waals surface area contributed by atoms with Gasteiger partial charge in [0.2, 0.25) is 5.82 Å². The van der Waals surface area contributed by atoms with Gasteiger partial charge in [0, 0.05) is 4.47 Å². The fraction of sp³-hybridized carbons (Fsp3) is 0. The molecule has 0 aromatic heterocycles. The average Bonchev–Trinajstić information content (AvgIpc) is 2.54. The predicted molar refractivity (Wildman–Crippen MR) is 78.3 cm³/mol. The smallest absolute Gasteiger partial charge is 0.203 e. The Morgan fingerprint density at radius 3 is 1.83 bits per heavy atom. The maximum atomic E-state index is 13.4. The van der Waals surface area contributed by atoms with Crippen LogP contribution in [0.3, 0.4) is 0 Å². The van der Waals surface area contributed by atoms with Crippen molar-refractivity contribution in [1.82, 2.24) is 4.83 Å². The molecule has 2 rings (SSSR count). The van der Waals surface area contributed by atoms with Crippen molar-refractivity contribution in [3.05, 3.63) is 63.4 Å². The summed E-state index contributed by atoms with van der Waals surface area (Å²) in [6, 6.07) is 5.26. The van der Waals surface area contributed by atoms with Crippen LogP contribution in [0, 0.1) is 29.1 Å². The highest BCUT2D eigenvalue weighted by atomic mass is 79.9. The van der Waals surface area contributed by atoms with Crippen LogP contribution in [0.1, 0.15) is 5.56 Å². The Bertz CT molecular complexity index is 888. The van der Waals surface area contributed by atoms with Crippen LogP contribution in [0.5, 0.6) is 0 Å². The zero-order valence-electron chi connectivity index (χ0n) is 11.3. The fourth-order valence-corrected chi connectivity index (χ4v) is 2.62. The standard InChI is InChI=1S/C13H6BrF5N2O2S/c14-6-1-3-7(4-2-6)24(22,23)21-20-5-8-9(15)11(17)13(19)12(18)10(8)16/h1-5,21H/b20-5-. The van der Waals surface area contributed by atoms with Gasteiger partial charge in [-0.3, -0.25) is 0 Å². The molecule has 0 spiro atoms. The van der Waals surface area contributed by atoms with Crippen LogP contribution in [0.2, 0.25) is 0 Å². The molecule has 0 unspecified atom stereocenters. The number of sulfonamides is 1. The summed E-state index contributed by atoms with van der Waals surface area (Å²) >= 11 is 3.10.